The summed E-state index contributed by atoms with van der Waals surface area (Å²) in [6, 6.07) is 22.5. The third-order valence-corrected chi connectivity index (χ3v) is 9.50. The number of carbonyl (C=O) groups excluding carboxylic acids is 1. The highest BCUT2D eigenvalue weighted by molar-refractivity contribution is 7.07. The third-order valence-electron chi connectivity index (χ3n) is 8.52. The molecule has 0 saturated carbocycles. The number of ether oxygens (including phenoxy) is 3. The van der Waals surface area contributed by atoms with Crippen molar-refractivity contribution in [1.29, 1.82) is 0 Å². The van der Waals surface area contributed by atoms with E-state index in [2.05, 4.69) is 0 Å². The van der Waals surface area contributed by atoms with Crippen LogP contribution < -0.4 is 29.1 Å². The monoisotopic (exact) mass is 665 g/mol. The van der Waals surface area contributed by atoms with E-state index in [1.54, 1.807) is 54.0 Å². The second-order valence-electron chi connectivity index (χ2n) is 11.3. The lowest BCUT2D eigenvalue weighted by atomic mass is 9.90. The van der Waals surface area contributed by atoms with Gasteiger partial charge >= 0.3 is 0 Å². The van der Waals surface area contributed by atoms with Crippen molar-refractivity contribution in [3.05, 3.63) is 132 Å². The van der Waals surface area contributed by atoms with Crippen LogP contribution >= 0.6 is 11.3 Å². The maximum Gasteiger partial charge on any atom is 0.271 e. The number of amides is 1. The van der Waals surface area contributed by atoms with E-state index in [1.807, 2.05) is 63.2 Å². The molecule has 2 heterocycles. The second-order valence-corrected chi connectivity index (χ2v) is 12.3. The molecule has 6 rings (SSSR count). The van der Waals surface area contributed by atoms with Crippen molar-refractivity contribution >= 4 is 34.1 Å². The molecule has 8 nitrogen and oxygen atoms in total. The summed E-state index contributed by atoms with van der Waals surface area (Å²) in [5, 5.41) is 1.85. The summed E-state index contributed by atoms with van der Waals surface area (Å²) in [5.41, 5.74) is 3.00. The fourth-order valence-electron chi connectivity index (χ4n) is 6.07. The standard InChI is InChI=1S/C38H36FN3O5S/c1-6-41(7-2)37(44)33-23(3)40-38-42(35(33)34-28-11-9-8-10-26(28)15-19-30(34)45-4)36(43)32(48-38)21-25-14-18-29(31(20-25)46-5)47-22-24-12-16-27(39)17-13-24/h8-21,35H,6-7,22H2,1-5H3/b32-21+/t35-/m1/s1. The topological polar surface area (TPSA) is 82.4 Å². The zero-order valence-electron chi connectivity index (χ0n) is 27.5. The minimum absolute atomic E-state index is 0.170. The fraction of sp³-hybridized carbons (Fsp3) is 0.237. The Kier molecular flexibility index (Phi) is 9.45. The molecule has 0 radical (unpaired) electrons. The highest BCUT2D eigenvalue weighted by Gasteiger charge is 2.36. The predicted octanol–water partition coefficient (Wildman–Crippen LogP) is 5.99. The molecule has 0 saturated heterocycles. The second kappa shape index (κ2) is 13.9. The first-order valence-electron chi connectivity index (χ1n) is 15.7. The van der Waals surface area contributed by atoms with Gasteiger partial charge in [-0.1, -0.05) is 59.9 Å². The number of hydrogen-bond acceptors (Lipinski definition) is 7. The molecule has 0 fully saturated rings. The number of hydrogen-bond donors (Lipinski definition) is 0. The Morgan fingerprint density at radius 1 is 0.958 bits per heavy atom. The minimum atomic E-state index is -0.769. The molecule has 1 atom stereocenters. The van der Waals surface area contributed by atoms with Crippen molar-refractivity contribution < 1.29 is 23.4 Å². The molecule has 246 valence electrons. The highest BCUT2D eigenvalue weighted by atomic mass is 32.1. The van der Waals surface area contributed by atoms with E-state index in [4.69, 9.17) is 19.2 Å². The SMILES string of the molecule is CCN(CC)C(=O)C1=C(C)N=c2s/c(=C/c3ccc(OCc4ccc(F)cc4)c(OC)c3)c(=O)n2[C@H]1c1c(OC)ccc2ccccc12. The lowest BCUT2D eigenvalue weighted by molar-refractivity contribution is -0.127. The van der Waals surface area contributed by atoms with Crippen LogP contribution in [0.25, 0.3) is 16.8 Å². The number of methoxy groups -OCH3 is 2. The summed E-state index contributed by atoms with van der Waals surface area (Å²) in [7, 11) is 3.15. The molecular formula is C38H36FN3O5S. The lowest BCUT2D eigenvalue weighted by Crippen LogP contribution is -2.43. The molecule has 0 N–H and O–H groups in total. The third kappa shape index (κ3) is 6.11. The van der Waals surface area contributed by atoms with Crippen molar-refractivity contribution in [2.75, 3.05) is 27.3 Å². The maximum atomic E-state index is 14.4. The molecular weight excluding hydrogens is 629 g/mol. The Morgan fingerprint density at radius 3 is 2.38 bits per heavy atom. The number of benzene rings is 4. The van der Waals surface area contributed by atoms with Gasteiger partial charge < -0.3 is 19.1 Å². The van der Waals surface area contributed by atoms with Gasteiger partial charge in [-0.2, -0.15) is 0 Å². The van der Waals surface area contributed by atoms with E-state index in [9.17, 15) is 14.0 Å². The maximum absolute atomic E-state index is 14.4. The fourth-order valence-corrected chi connectivity index (χ4v) is 7.12. The Morgan fingerprint density at radius 2 is 1.67 bits per heavy atom. The summed E-state index contributed by atoms with van der Waals surface area (Å²) in [4.78, 5) is 35.7. The van der Waals surface area contributed by atoms with E-state index in [1.165, 1.54) is 23.5 Å². The molecule has 10 heteroatoms. The average Bonchev–Trinajstić information content (AvgIpc) is 3.41. The molecule has 1 aliphatic heterocycles. The number of rotatable bonds is 10. The minimum Gasteiger partial charge on any atom is -0.496 e. The van der Waals surface area contributed by atoms with Crippen molar-refractivity contribution in [3.8, 4) is 17.2 Å². The van der Waals surface area contributed by atoms with Crippen molar-refractivity contribution in [3.63, 3.8) is 0 Å². The molecule has 1 aromatic heterocycles. The van der Waals surface area contributed by atoms with E-state index >= 15 is 0 Å². The average molecular weight is 666 g/mol. The molecule has 0 spiro atoms. The first-order chi connectivity index (χ1) is 23.3. The van der Waals surface area contributed by atoms with Crippen LogP contribution in [0.15, 0.2) is 99.9 Å². The number of fused-ring (bicyclic) bond motifs is 2. The van der Waals surface area contributed by atoms with Crippen LogP contribution in [0, 0.1) is 5.82 Å². The largest absolute Gasteiger partial charge is 0.496 e. The first kappa shape index (κ1) is 32.7. The van der Waals surface area contributed by atoms with Gasteiger partial charge in [0.25, 0.3) is 11.5 Å². The number of halogens is 1. The molecule has 1 aliphatic rings. The van der Waals surface area contributed by atoms with Gasteiger partial charge in [0.1, 0.15) is 24.2 Å². The zero-order valence-corrected chi connectivity index (χ0v) is 28.3. The molecule has 0 unspecified atom stereocenters. The van der Waals surface area contributed by atoms with Crippen LogP contribution in [0.4, 0.5) is 4.39 Å². The molecule has 0 aliphatic carbocycles. The van der Waals surface area contributed by atoms with Crippen molar-refractivity contribution in [2.45, 2.75) is 33.4 Å². The van der Waals surface area contributed by atoms with Crippen LogP contribution in [-0.4, -0.2) is 42.7 Å². The summed E-state index contributed by atoms with van der Waals surface area (Å²) in [5.74, 6) is 1.10. The normalized spacial score (nSPS) is 14.5. The van der Waals surface area contributed by atoms with E-state index in [0.717, 1.165) is 27.5 Å². The molecule has 5 aromatic rings. The van der Waals surface area contributed by atoms with E-state index in [0.29, 0.717) is 50.9 Å². The van der Waals surface area contributed by atoms with Crippen LogP contribution in [0.3, 0.4) is 0 Å². The van der Waals surface area contributed by atoms with Gasteiger partial charge in [-0.05, 0) is 79.1 Å². The van der Waals surface area contributed by atoms with Gasteiger partial charge in [0, 0.05) is 18.7 Å². The number of aromatic nitrogens is 1. The van der Waals surface area contributed by atoms with Gasteiger partial charge in [-0.25, -0.2) is 9.38 Å². The van der Waals surface area contributed by atoms with Gasteiger partial charge in [0.2, 0.25) is 0 Å². The molecule has 0 bridgehead atoms. The van der Waals surface area contributed by atoms with Gasteiger partial charge in [0.05, 0.1) is 30.0 Å². The van der Waals surface area contributed by atoms with E-state index in [-0.39, 0.29) is 23.9 Å². The number of nitrogens with zero attached hydrogens (tertiary/aromatic N) is 3. The Hall–Kier alpha value is -5.22. The zero-order chi connectivity index (χ0) is 33.9. The molecule has 4 aromatic carbocycles. The first-order valence-corrected chi connectivity index (χ1v) is 16.5. The summed E-state index contributed by atoms with van der Waals surface area (Å²) in [6.07, 6.45) is 1.79. The molecule has 1 amide bonds. The van der Waals surface area contributed by atoms with Crippen LogP contribution in [0.5, 0.6) is 17.2 Å². The number of likely N-dealkylation sites (N-methyl/N-ethyl adjacent to an activating group) is 1. The van der Waals surface area contributed by atoms with Gasteiger partial charge in [-0.15, -0.1) is 0 Å². The van der Waals surface area contributed by atoms with Crippen LogP contribution in [-0.2, 0) is 11.4 Å². The summed E-state index contributed by atoms with van der Waals surface area (Å²) in [6.45, 7) is 6.97. The Labute approximate surface area is 281 Å². The Balaban J connectivity index is 1.48. The van der Waals surface area contributed by atoms with Crippen LogP contribution in [0.2, 0.25) is 0 Å². The van der Waals surface area contributed by atoms with Gasteiger partial charge in [-0.3, -0.25) is 14.2 Å². The number of allylic oxidation sites excluding steroid dienone is 1. The van der Waals surface area contributed by atoms with Crippen LogP contribution in [0.1, 0.15) is 43.5 Å². The summed E-state index contributed by atoms with van der Waals surface area (Å²) >= 11 is 1.26. The van der Waals surface area contributed by atoms with Crippen molar-refractivity contribution in [2.24, 2.45) is 4.99 Å². The van der Waals surface area contributed by atoms with E-state index < -0.39 is 6.04 Å². The van der Waals surface area contributed by atoms with Crippen molar-refractivity contribution in [1.82, 2.24) is 9.47 Å². The lowest BCUT2D eigenvalue weighted by Gasteiger charge is -2.30. The quantitative estimate of drug-likeness (QED) is 0.183. The highest BCUT2D eigenvalue weighted by Crippen LogP contribution is 2.40. The van der Waals surface area contributed by atoms with Gasteiger partial charge in [0.15, 0.2) is 16.3 Å². The number of carbonyl (C=O) groups is 1. The number of thiazole rings is 1. The molecule has 48 heavy (non-hydrogen) atoms. The smallest absolute Gasteiger partial charge is 0.271 e. The predicted molar refractivity (Wildman–Crippen MR) is 186 cm³/mol. The Bertz CT molecular complexity index is 2220. The summed E-state index contributed by atoms with van der Waals surface area (Å²) < 4.78 is 32.9.